The first-order chi connectivity index (χ1) is 30.7. The SMILES string of the molecule is c1ccc(-c2c(-c3ccccc3)c3cc(-c4cccc(N(c5ccc(-c6ccc7ccccc7c6)cc5)c5cccc6c5sc5ccccc56)c4)ccc3c3ccccc23)cc1. The topological polar surface area (TPSA) is 3.24 Å². The molecule has 0 saturated heterocycles. The zero-order valence-corrected chi connectivity index (χ0v) is 34.7. The number of hydrogen-bond acceptors (Lipinski definition) is 2. The number of nitrogens with zero attached hydrogens (tertiary/aromatic N) is 1. The molecule has 0 unspecified atom stereocenters. The smallest absolute Gasteiger partial charge is 0.0640 e. The van der Waals surface area contributed by atoms with Crippen molar-refractivity contribution in [2.75, 3.05) is 4.90 Å². The summed E-state index contributed by atoms with van der Waals surface area (Å²) in [5.74, 6) is 0. The van der Waals surface area contributed by atoms with Gasteiger partial charge in [0, 0.05) is 26.8 Å². The normalized spacial score (nSPS) is 11.5. The molecule has 0 bridgehead atoms. The van der Waals surface area contributed by atoms with Gasteiger partial charge >= 0.3 is 0 Å². The van der Waals surface area contributed by atoms with Gasteiger partial charge in [-0.3, -0.25) is 0 Å². The van der Waals surface area contributed by atoms with Crippen LogP contribution in [0.15, 0.2) is 237 Å². The van der Waals surface area contributed by atoms with E-state index in [9.17, 15) is 0 Å². The maximum atomic E-state index is 2.45. The van der Waals surface area contributed by atoms with Gasteiger partial charge in [0.1, 0.15) is 0 Å². The molecule has 0 N–H and O–H groups in total. The molecule has 2 heteroatoms. The monoisotopic (exact) mass is 805 g/mol. The van der Waals surface area contributed by atoms with E-state index >= 15 is 0 Å². The van der Waals surface area contributed by atoms with Crippen molar-refractivity contribution in [1.29, 1.82) is 0 Å². The van der Waals surface area contributed by atoms with Gasteiger partial charge in [-0.05, 0) is 125 Å². The molecule has 0 aliphatic carbocycles. The lowest BCUT2D eigenvalue weighted by Crippen LogP contribution is -2.10. The van der Waals surface area contributed by atoms with Crippen LogP contribution in [0.5, 0.6) is 0 Å². The molecule has 0 amide bonds. The first-order valence-electron chi connectivity index (χ1n) is 21.2. The van der Waals surface area contributed by atoms with E-state index in [1.807, 2.05) is 11.3 Å². The van der Waals surface area contributed by atoms with Gasteiger partial charge in [0.25, 0.3) is 0 Å². The van der Waals surface area contributed by atoms with Crippen molar-refractivity contribution in [2.45, 2.75) is 0 Å². The summed E-state index contributed by atoms with van der Waals surface area (Å²) in [5, 5.41) is 10.1. The van der Waals surface area contributed by atoms with Crippen molar-refractivity contribution in [3.63, 3.8) is 0 Å². The number of rotatable bonds is 7. The second kappa shape index (κ2) is 15.0. The summed E-state index contributed by atoms with van der Waals surface area (Å²) in [6.07, 6.45) is 0. The Balaban J connectivity index is 1.05. The molecule has 0 spiro atoms. The Morgan fingerprint density at radius 3 is 1.61 bits per heavy atom. The quantitative estimate of drug-likeness (QED) is 0.145. The lowest BCUT2D eigenvalue weighted by atomic mass is 9.84. The molecule has 0 saturated carbocycles. The summed E-state index contributed by atoms with van der Waals surface area (Å²) in [5.41, 5.74) is 13.1. The van der Waals surface area contributed by atoms with Crippen molar-refractivity contribution in [1.82, 2.24) is 0 Å². The molecule has 1 nitrogen and oxygen atoms in total. The van der Waals surface area contributed by atoms with Crippen molar-refractivity contribution in [3.05, 3.63) is 237 Å². The van der Waals surface area contributed by atoms with Gasteiger partial charge in [0.2, 0.25) is 0 Å². The van der Waals surface area contributed by atoms with Crippen LogP contribution in [0.25, 0.3) is 97.0 Å². The molecule has 1 aromatic heterocycles. The Kier molecular flexibility index (Phi) is 8.76. The molecule has 12 aromatic rings. The van der Waals surface area contributed by atoms with Crippen LogP contribution in [-0.4, -0.2) is 0 Å². The minimum Gasteiger partial charge on any atom is -0.309 e. The molecule has 0 aliphatic heterocycles. The van der Waals surface area contributed by atoms with Gasteiger partial charge in [0.15, 0.2) is 0 Å². The molecule has 0 fully saturated rings. The Labute approximate surface area is 365 Å². The minimum atomic E-state index is 1.11. The Hall–Kier alpha value is -7.78. The van der Waals surface area contributed by atoms with E-state index in [4.69, 9.17) is 0 Å². The van der Waals surface area contributed by atoms with E-state index in [0.717, 1.165) is 11.4 Å². The average molecular weight is 806 g/mol. The molecule has 0 radical (unpaired) electrons. The van der Waals surface area contributed by atoms with E-state index in [1.165, 1.54) is 103 Å². The summed E-state index contributed by atoms with van der Waals surface area (Å²) in [4.78, 5) is 2.45. The Morgan fingerprint density at radius 2 is 0.823 bits per heavy atom. The zero-order chi connectivity index (χ0) is 41.0. The van der Waals surface area contributed by atoms with Crippen molar-refractivity contribution < 1.29 is 0 Å². The zero-order valence-electron chi connectivity index (χ0n) is 33.9. The standard InChI is InChI=1S/C60H39NS/c1-3-16-42(17-4-1)58-53-25-10-9-23-50(53)51-36-33-47(39-55(51)59(58)43-18-5-2-6-19-43)45-21-13-22-49(38-45)61(56-27-14-26-54-52-24-11-12-28-57(52)62-60(54)56)48-34-31-41(32-35-48)46-30-29-40-15-7-8-20-44(40)37-46/h1-39H. The van der Waals surface area contributed by atoms with Gasteiger partial charge in [-0.25, -0.2) is 0 Å². The number of benzene rings is 11. The second-order valence-electron chi connectivity index (χ2n) is 16.0. The maximum absolute atomic E-state index is 2.45. The molecule has 12 rings (SSSR count). The molecule has 11 aromatic carbocycles. The van der Waals surface area contributed by atoms with Crippen molar-refractivity contribution in [3.8, 4) is 44.5 Å². The molecular formula is C60H39NS. The first kappa shape index (κ1) is 36.1. The summed E-state index contributed by atoms with van der Waals surface area (Å²) in [6, 6.07) is 86.8. The number of thiophene rings is 1. The molecule has 1 heterocycles. The molecule has 0 atom stereocenters. The summed E-state index contributed by atoms with van der Waals surface area (Å²) < 4.78 is 2.57. The minimum absolute atomic E-state index is 1.11. The first-order valence-corrected chi connectivity index (χ1v) is 22.1. The summed E-state index contributed by atoms with van der Waals surface area (Å²) in [6.45, 7) is 0. The average Bonchev–Trinajstić information content (AvgIpc) is 3.74. The fourth-order valence-corrected chi connectivity index (χ4v) is 10.7. The van der Waals surface area contributed by atoms with E-state index in [-0.39, 0.29) is 0 Å². The van der Waals surface area contributed by atoms with E-state index in [1.54, 1.807) is 0 Å². The summed E-state index contributed by atoms with van der Waals surface area (Å²) >= 11 is 1.87. The van der Waals surface area contributed by atoms with Crippen LogP contribution in [0, 0.1) is 0 Å². The number of hydrogen-bond donors (Lipinski definition) is 0. The van der Waals surface area contributed by atoms with E-state index < -0.39 is 0 Å². The second-order valence-corrected chi connectivity index (χ2v) is 17.1. The highest BCUT2D eigenvalue weighted by atomic mass is 32.1. The van der Waals surface area contributed by atoms with Crippen LogP contribution in [0.3, 0.4) is 0 Å². The maximum Gasteiger partial charge on any atom is 0.0640 e. The third-order valence-corrected chi connectivity index (χ3v) is 13.6. The van der Waals surface area contributed by atoms with Crippen LogP contribution in [-0.2, 0) is 0 Å². The Morgan fingerprint density at radius 1 is 0.274 bits per heavy atom. The summed E-state index contributed by atoms with van der Waals surface area (Å²) in [7, 11) is 0. The third kappa shape index (κ3) is 6.15. The van der Waals surface area contributed by atoms with Gasteiger partial charge < -0.3 is 4.90 Å². The largest absolute Gasteiger partial charge is 0.309 e. The van der Waals surface area contributed by atoms with Crippen molar-refractivity contribution in [2.24, 2.45) is 0 Å². The number of anilines is 3. The number of fused-ring (bicyclic) bond motifs is 7. The lowest BCUT2D eigenvalue weighted by molar-refractivity contribution is 1.30. The molecule has 62 heavy (non-hydrogen) atoms. The predicted octanol–water partition coefficient (Wildman–Crippen LogP) is 17.7. The van der Waals surface area contributed by atoms with Crippen LogP contribution in [0.2, 0.25) is 0 Å². The van der Waals surface area contributed by atoms with Gasteiger partial charge in [-0.1, -0.05) is 188 Å². The van der Waals surface area contributed by atoms with E-state index in [2.05, 4.69) is 241 Å². The lowest BCUT2D eigenvalue weighted by Gasteiger charge is -2.27. The van der Waals surface area contributed by atoms with Crippen LogP contribution >= 0.6 is 11.3 Å². The highest BCUT2D eigenvalue weighted by molar-refractivity contribution is 7.26. The van der Waals surface area contributed by atoms with Crippen LogP contribution < -0.4 is 4.90 Å². The van der Waals surface area contributed by atoms with Gasteiger partial charge in [-0.15, -0.1) is 11.3 Å². The highest BCUT2D eigenvalue weighted by Crippen LogP contribution is 2.48. The third-order valence-electron chi connectivity index (χ3n) is 12.4. The van der Waals surface area contributed by atoms with Gasteiger partial charge in [0.05, 0.1) is 10.4 Å². The fraction of sp³-hybridized carbons (Fsp3) is 0. The van der Waals surface area contributed by atoms with Crippen LogP contribution in [0.1, 0.15) is 0 Å². The predicted molar refractivity (Wildman–Crippen MR) is 268 cm³/mol. The molecular weight excluding hydrogens is 767 g/mol. The molecule has 290 valence electrons. The Bertz CT molecular complexity index is 3620. The fourth-order valence-electron chi connectivity index (χ4n) is 9.51. The highest BCUT2D eigenvalue weighted by Gasteiger charge is 2.21. The van der Waals surface area contributed by atoms with Gasteiger partial charge in [-0.2, -0.15) is 0 Å². The molecule has 0 aliphatic rings. The van der Waals surface area contributed by atoms with E-state index in [0.29, 0.717) is 0 Å². The van der Waals surface area contributed by atoms with Crippen molar-refractivity contribution >= 4 is 80.9 Å². The van der Waals surface area contributed by atoms with Crippen LogP contribution in [0.4, 0.5) is 17.1 Å².